The van der Waals surface area contributed by atoms with E-state index in [4.69, 9.17) is 10.5 Å². The van der Waals surface area contributed by atoms with Crippen LogP contribution in [0.25, 0.3) is 0 Å². The summed E-state index contributed by atoms with van der Waals surface area (Å²) in [5.41, 5.74) is 6.88. The van der Waals surface area contributed by atoms with Crippen LogP contribution in [0.1, 0.15) is 10.4 Å². The molecule has 0 aliphatic heterocycles. The average molecular weight is 337 g/mol. The van der Waals surface area contributed by atoms with Crippen LogP contribution in [-0.2, 0) is 0 Å². The summed E-state index contributed by atoms with van der Waals surface area (Å²) in [4.78, 5) is 12.1. The summed E-state index contributed by atoms with van der Waals surface area (Å²) < 4.78 is 5.74. The van der Waals surface area contributed by atoms with Gasteiger partial charge in [0.1, 0.15) is 11.5 Å². The lowest BCUT2D eigenvalue weighted by molar-refractivity contribution is 0.102. The van der Waals surface area contributed by atoms with Crippen molar-refractivity contribution in [2.75, 3.05) is 18.2 Å². The number of phenolic OH excluding ortho intramolecular Hbond substituents is 1. The highest BCUT2D eigenvalue weighted by Crippen LogP contribution is 2.26. The number of anilines is 2. The van der Waals surface area contributed by atoms with Gasteiger partial charge in [-0.25, -0.2) is 0 Å². The molecule has 0 radical (unpaired) electrons. The fourth-order valence-electron chi connectivity index (χ4n) is 1.70. The number of amides is 1. The molecule has 6 heteroatoms. The smallest absolute Gasteiger partial charge is 0.259 e. The molecule has 104 valence electrons. The summed E-state index contributed by atoms with van der Waals surface area (Å²) in [7, 11) is 1.52. The molecule has 2 rings (SSSR count). The normalized spacial score (nSPS) is 10.1. The van der Waals surface area contributed by atoms with E-state index in [0.717, 1.165) is 0 Å². The minimum absolute atomic E-state index is 0.0906. The lowest BCUT2D eigenvalue weighted by Gasteiger charge is -2.10. The molecule has 0 bridgehead atoms. The molecule has 0 aliphatic rings. The second kappa shape index (κ2) is 5.83. The maximum absolute atomic E-state index is 12.1. The molecule has 0 fully saturated rings. The van der Waals surface area contributed by atoms with Gasteiger partial charge in [-0.05, 0) is 36.4 Å². The number of ether oxygens (including phenoxy) is 1. The van der Waals surface area contributed by atoms with E-state index in [1.165, 1.54) is 19.2 Å². The Labute approximate surface area is 124 Å². The summed E-state index contributed by atoms with van der Waals surface area (Å²) in [5.74, 6) is 0.0221. The number of phenols is 1. The molecule has 2 aromatic carbocycles. The number of hydrogen-bond acceptors (Lipinski definition) is 4. The molecule has 0 spiro atoms. The number of aromatic hydroxyl groups is 1. The van der Waals surface area contributed by atoms with Crippen LogP contribution in [0.15, 0.2) is 40.9 Å². The number of rotatable bonds is 3. The third-order valence-electron chi connectivity index (χ3n) is 2.69. The van der Waals surface area contributed by atoms with Gasteiger partial charge in [-0.2, -0.15) is 0 Å². The number of nitrogens with two attached hydrogens (primary N) is 1. The molecule has 5 nitrogen and oxygen atoms in total. The summed E-state index contributed by atoms with van der Waals surface area (Å²) in [6.45, 7) is 0. The van der Waals surface area contributed by atoms with Gasteiger partial charge in [0, 0.05) is 10.2 Å². The van der Waals surface area contributed by atoms with Crippen LogP contribution in [0.2, 0.25) is 0 Å². The molecule has 0 atom stereocenters. The lowest BCUT2D eigenvalue weighted by Crippen LogP contribution is -2.12. The molecule has 0 unspecified atom stereocenters. The van der Waals surface area contributed by atoms with Crippen LogP contribution in [0.3, 0.4) is 0 Å². The molecule has 1 amide bonds. The first-order valence-electron chi connectivity index (χ1n) is 5.74. The van der Waals surface area contributed by atoms with Crippen molar-refractivity contribution in [1.82, 2.24) is 0 Å². The van der Waals surface area contributed by atoms with Crippen molar-refractivity contribution in [3.05, 3.63) is 46.4 Å². The standard InChI is InChI=1S/C14H13BrN2O3/c1-20-13-5-3-9(7-11(13)16)17-14(19)10-6-8(15)2-4-12(10)18/h2-7,18H,16H2,1H3,(H,17,19). The topological polar surface area (TPSA) is 84.6 Å². The fourth-order valence-corrected chi connectivity index (χ4v) is 2.06. The summed E-state index contributed by atoms with van der Waals surface area (Å²) in [5, 5.41) is 12.4. The van der Waals surface area contributed by atoms with Crippen LogP contribution >= 0.6 is 15.9 Å². The number of carbonyl (C=O) groups excluding carboxylic acids is 1. The van der Waals surface area contributed by atoms with Crippen molar-refractivity contribution in [2.45, 2.75) is 0 Å². The largest absolute Gasteiger partial charge is 0.507 e. The Morgan fingerprint density at radius 1 is 1.30 bits per heavy atom. The fraction of sp³-hybridized carbons (Fsp3) is 0.0714. The number of benzene rings is 2. The number of halogens is 1. The summed E-state index contributed by atoms with van der Waals surface area (Å²) >= 11 is 3.25. The molecule has 4 N–H and O–H groups in total. The predicted molar refractivity (Wildman–Crippen MR) is 81.2 cm³/mol. The first-order chi connectivity index (χ1) is 9.51. The molecule has 2 aromatic rings. The zero-order valence-electron chi connectivity index (χ0n) is 10.7. The third-order valence-corrected chi connectivity index (χ3v) is 3.18. The predicted octanol–water partition coefficient (Wildman–Crippen LogP) is 3.00. The van der Waals surface area contributed by atoms with E-state index >= 15 is 0 Å². The maximum Gasteiger partial charge on any atom is 0.259 e. The van der Waals surface area contributed by atoms with Crippen molar-refractivity contribution in [2.24, 2.45) is 0 Å². The number of hydrogen-bond donors (Lipinski definition) is 3. The van der Waals surface area contributed by atoms with Gasteiger partial charge in [-0.15, -0.1) is 0 Å². The van der Waals surface area contributed by atoms with Crippen LogP contribution in [-0.4, -0.2) is 18.1 Å². The van der Waals surface area contributed by atoms with Crippen LogP contribution in [0.4, 0.5) is 11.4 Å². The molecule has 0 heterocycles. The molecule has 0 saturated heterocycles. The second-order valence-corrected chi connectivity index (χ2v) is 4.99. The first-order valence-corrected chi connectivity index (χ1v) is 6.54. The Hall–Kier alpha value is -2.21. The Kier molecular flexibility index (Phi) is 4.14. The second-order valence-electron chi connectivity index (χ2n) is 4.07. The van der Waals surface area contributed by atoms with Gasteiger partial charge < -0.3 is 20.9 Å². The van der Waals surface area contributed by atoms with E-state index in [0.29, 0.717) is 21.6 Å². The molecular weight excluding hydrogens is 324 g/mol. The van der Waals surface area contributed by atoms with Gasteiger partial charge >= 0.3 is 0 Å². The van der Waals surface area contributed by atoms with Gasteiger partial charge in [0.25, 0.3) is 5.91 Å². The van der Waals surface area contributed by atoms with E-state index in [9.17, 15) is 9.90 Å². The highest BCUT2D eigenvalue weighted by atomic mass is 79.9. The highest BCUT2D eigenvalue weighted by molar-refractivity contribution is 9.10. The van der Waals surface area contributed by atoms with Gasteiger partial charge in [0.15, 0.2) is 0 Å². The van der Waals surface area contributed by atoms with E-state index in [1.54, 1.807) is 24.3 Å². The Bertz CT molecular complexity index is 659. The lowest BCUT2D eigenvalue weighted by atomic mass is 10.2. The third kappa shape index (κ3) is 3.03. The number of methoxy groups -OCH3 is 1. The Morgan fingerprint density at radius 2 is 2.05 bits per heavy atom. The molecule has 20 heavy (non-hydrogen) atoms. The maximum atomic E-state index is 12.1. The van der Waals surface area contributed by atoms with Crippen molar-refractivity contribution >= 4 is 33.2 Å². The van der Waals surface area contributed by atoms with E-state index in [1.807, 2.05) is 0 Å². The summed E-state index contributed by atoms with van der Waals surface area (Å²) in [6, 6.07) is 9.55. The van der Waals surface area contributed by atoms with Crippen LogP contribution in [0.5, 0.6) is 11.5 Å². The van der Waals surface area contributed by atoms with Gasteiger partial charge in [-0.3, -0.25) is 4.79 Å². The van der Waals surface area contributed by atoms with Crippen molar-refractivity contribution in [1.29, 1.82) is 0 Å². The minimum Gasteiger partial charge on any atom is -0.507 e. The number of nitrogens with one attached hydrogen (secondary N) is 1. The van der Waals surface area contributed by atoms with Crippen molar-refractivity contribution in [3.63, 3.8) is 0 Å². The van der Waals surface area contributed by atoms with Crippen molar-refractivity contribution < 1.29 is 14.6 Å². The minimum atomic E-state index is -0.423. The van der Waals surface area contributed by atoms with Gasteiger partial charge in [0.2, 0.25) is 0 Å². The SMILES string of the molecule is COc1ccc(NC(=O)c2cc(Br)ccc2O)cc1N. The molecule has 0 aromatic heterocycles. The highest BCUT2D eigenvalue weighted by Gasteiger charge is 2.12. The average Bonchev–Trinajstić information content (AvgIpc) is 2.41. The monoisotopic (exact) mass is 336 g/mol. The van der Waals surface area contributed by atoms with Crippen LogP contribution < -0.4 is 15.8 Å². The Balaban J connectivity index is 2.23. The van der Waals surface area contributed by atoms with Crippen LogP contribution in [0, 0.1) is 0 Å². The van der Waals surface area contributed by atoms with Gasteiger partial charge in [0.05, 0.1) is 18.4 Å². The molecular formula is C14H13BrN2O3. The van der Waals surface area contributed by atoms with E-state index < -0.39 is 5.91 Å². The number of nitrogen functional groups attached to an aromatic ring is 1. The Morgan fingerprint density at radius 3 is 2.70 bits per heavy atom. The zero-order chi connectivity index (χ0) is 14.7. The molecule has 0 aliphatic carbocycles. The molecule has 0 saturated carbocycles. The van der Waals surface area contributed by atoms with E-state index in [2.05, 4.69) is 21.2 Å². The van der Waals surface area contributed by atoms with E-state index in [-0.39, 0.29) is 11.3 Å². The quantitative estimate of drug-likeness (QED) is 0.752. The first kappa shape index (κ1) is 14.2. The zero-order valence-corrected chi connectivity index (χ0v) is 12.3. The van der Waals surface area contributed by atoms with Crippen molar-refractivity contribution in [3.8, 4) is 11.5 Å². The van der Waals surface area contributed by atoms with Gasteiger partial charge in [-0.1, -0.05) is 15.9 Å². The summed E-state index contributed by atoms with van der Waals surface area (Å²) in [6.07, 6.45) is 0. The number of carbonyl (C=O) groups is 1.